The molecule has 1 aliphatic carbocycles. The summed E-state index contributed by atoms with van der Waals surface area (Å²) in [4.78, 5) is 14.2. The van der Waals surface area contributed by atoms with E-state index < -0.39 is 0 Å². The van der Waals surface area contributed by atoms with E-state index >= 15 is 0 Å². The fourth-order valence-electron chi connectivity index (χ4n) is 3.79. The second kappa shape index (κ2) is 6.96. The quantitative estimate of drug-likeness (QED) is 0.791. The Hall–Kier alpha value is -2.41. The molecular formula is C20H24N6S. The molecule has 1 saturated heterocycles. The molecule has 0 radical (unpaired) electrons. The SMILES string of the molecule is S=C(Nc1nc(N2CCCC2)cc(N2Cc3ccccc3C2)n1)NC1CC1. The molecule has 5 rings (SSSR count). The third kappa shape index (κ3) is 3.69. The molecule has 7 heteroatoms. The second-order valence-electron chi connectivity index (χ2n) is 7.60. The average molecular weight is 381 g/mol. The Morgan fingerprint density at radius 3 is 2.22 bits per heavy atom. The van der Waals surface area contributed by atoms with Crippen molar-refractivity contribution in [2.75, 3.05) is 28.2 Å². The van der Waals surface area contributed by atoms with Gasteiger partial charge in [0.05, 0.1) is 0 Å². The van der Waals surface area contributed by atoms with Crippen LogP contribution in [0.25, 0.3) is 0 Å². The number of nitrogens with one attached hydrogen (secondary N) is 2. The van der Waals surface area contributed by atoms with Crippen LogP contribution in [0, 0.1) is 0 Å². The van der Waals surface area contributed by atoms with Gasteiger partial charge in [-0.1, -0.05) is 24.3 Å². The van der Waals surface area contributed by atoms with E-state index in [1.165, 1.54) is 36.8 Å². The average Bonchev–Trinajstić information content (AvgIpc) is 3.16. The molecular weight excluding hydrogens is 356 g/mol. The summed E-state index contributed by atoms with van der Waals surface area (Å²) in [5, 5.41) is 7.13. The lowest BCUT2D eigenvalue weighted by Gasteiger charge is -2.22. The van der Waals surface area contributed by atoms with Gasteiger partial charge in [-0.25, -0.2) is 0 Å². The fourth-order valence-corrected chi connectivity index (χ4v) is 4.05. The van der Waals surface area contributed by atoms with Crippen LogP contribution >= 0.6 is 12.2 Å². The number of aromatic nitrogens is 2. The minimum Gasteiger partial charge on any atom is -0.360 e. The summed E-state index contributed by atoms with van der Waals surface area (Å²) < 4.78 is 0. The number of anilines is 3. The van der Waals surface area contributed by atoms with Crippen LogP contribution in [-0.4, -0.2) is 34.2 Å². The van der Waals surface area contributed by atoms with E-state index in [1.54, 1.807) is 0 Å². The maximum absolute atomic E-state index is 5.44. The van der Waals surface area contributed by atoms with E-state index in [0.717, 1.165) is 37.8 Å². The third-order valence-corrected chi connectivity index (χ3v) is 5.65. The number of thiocarbonyl (C=S) groups is 1. The van der Waals surface area contributed by atoms with E-state index in [1.807, 2.05) is 0 Å². The minimum absolute atomic E-state index is 0.513. The molecule has 0 amide bonds. The lowest BCUT2D eigenvalue weighted by atomic mass is 10.1. The zero-order chi connectivity index (χ0) is 18.2. The molecule has 1 aromatic heterocycles. The van der Waals surface area contributed by atoms with Crippen LogP contribution in [-0.2, 0) is 13.1 Å². The molecule has 1 aromatic carbocycles. The van der Waals surface area contributed by atoms with Gasteiger partial charge in [0.15, 0.2) is 5.11 Å². The van der Waals surface area contributed by atoms with Crippen LogP contribution in [0.5, 0.6) is 0 Å². The number of rotatable bonds is 4. The second-order valence-corrected chi connectivity index (χ2v) is 8.01. The Bertz CT molecular complexity index is 834. The Labute approximate surface area is 165 Å². The standard InChI is InChI=1S/C20H24N6S/c27-20(21-16-7-8-16)24-19-22-17(25-9-3-4-10-25)11-18(23-19)26-12-14-5-1-2-6-15(14)13-26/h1-2,5-6,11,16H,3-4,7-10,12-13H2,(H2,21,22,23,24,27). The van der Waals surface area contributed by atoms with Crippen molar-refractivity contribution in [1.29, 1.82) is 0 Å². The number of nitrogens with zero attached hydrogens (tertiary/aromatic N) is 4. The first-order valence-electron chi connectivity index (χ1n) is 9.78. The van der Waals surface area contributed by atoms with Gasteiger partial charge in [-0.3, -0.25) is 0 Å². The maximum atomic E-state index is 5.44. The number of benzene rings is 1. The highest BCUT2D eigenvalue weighted by molar-refractivity contribution is 7.80. The van der Waals surface area contributed by atoms with Gasteiger partial charge < -0.3 is 20.4 Å². The van der Waals surface area contributed by atoms with Crippen LogP contribution in [0.15, 0.2) is 30.3 Å². The molecule has 140 valence electrons. The first-order chi connectivity index (χ1) is 13.2. The summed E-state index contributed by atoms with van der Waals surface area (Å²) >= 11 is 5.44. The molecule has 0 unspecified atom stereocenters. The van der Waals surface area contributed by atoms with Gasteiger partial charge in [0.25, 0.3) is 0 Å². The normalized spacial score (nSPS) is 18.5. The van der Waals surface area contributed by atoms with Crippen molar-refractivity contribution in [3.05, 3.63) is 41.5 Å². The van der Waals surface area contributed by atoms with E-state index in [2.05, 4.69) is 50.8 Å². The molecule has 6 nitrogen and oxygen atoms in total. The predicted molar refractivity (Wildman–Crippen MR) is 112 cm³/mol. The largest absolute Gasteiger partial charge is 0.360 e. The maximum Gasteiger partial charge on any atom is 0.232 e. The molecule has 27 heavy (non-hydrogen) atoms. The summed E-state index contributed by atoms with van der Waals surface area (Å²) in [5.41, 5.74) is 2.75. The summed E-state index contributed by atoms with van der Waals surface area (Å²) in [6.45, 7) is 3.88. The summed E-state index contributed by atoms with van der Waals surface area (Å²) in [7, 11) is 0. The predicted octanol–water partition coefficient (Wildman–Crippen LogP) is 3.05. The van der Waals surface area contributed by atoms with E-state index in [0.29, 0.717) is 17.1 Å². The molecule has 2 N–H and O–H groups in total. The van der Waals surface area contributed by atoms with Crippen molar-refractivity contribution in [2.24, 2.45) is 0 Å². The molecule has 2 fully saturated rings. The van der Waals surface area contributed by atoms with Gasteiger partial charge in [0, 0.05) is 38.3 Å². The van der Waals surface area contributed by atoms with Crippen molar-refractivity contribution in [3.63, 3.8) is 0 Å². The van der Waals surface area contributed by atoms with Gasteiger partial charge >= 0.3 is 0 Å². The molecule has 3 aliphatic rings. The summed E-state index contributed by atoms with van der Waals surface area (Å²) in [6.07, 6.45) is 4.82. The number of fused-ring (bicyclic) bond motifs is 1. The number of hydrogen-bond donors (Lipinski definition) is 2. The summed E-state index contributed by atoms with van der Waals surface area (Å²) in [6, 6.07) is 11.2. The first kappa shape index (κ1) is 16.7. The van der Waals surface area contributed by atoms with E-state index in [4.69, 9.17) is 22.2 Å². The van der Waals surface area contributed by atoms with Gasteiger partial charge in [0.1, 0.15) is 11.6 Å². The molecule has 0 bridgehead atoms. The fraction of sp³-hybridized carbons (Fsp3) is 0.450. The summed E-state index contributed by atoms with van der Waals surface area (Å²) in [5.74, 6) is 2.54. The van der Waals surface area contributed by atoms with Gasteiger partial charge in [0.2, 0.25) is 5.95 Å². The molecule has 0 spiro atoms. The molecule has 1 saturated carbocycles. The molecule has 3 heterocycles. The van der Waals surface area contributed by atoms with Crippen LogP contribution in [0.2, 0.25) is 0 Å². The van der Waals surface area contributed by atoms with Crippen molar-refractivity contribution in [1.82, 2.24) is 15.3 Å². The Kier molecular flexibility index (Phi) is 4.32. The molecule has 2 aromatic rings. The lowest BCUT2D eigenvalue weighted by Crippen LogP contribution is -2.31. The van der Waals surface area contributed by atoms with Crippen LogP contribution in [0.4, 0.5) is 17.6 Å². The smallest absolute Gasteiger partial charge is 0.232 e. The Morgan fingerprint density at radius 2 is 1.59 bits per heavy atom. The Morgan fingerprint density at radius 1 is 0.963 bits per heavy atom. The first-order valence-corrected chi connectivity index (χ1v) is 10.2. The lowest BCUT2D eigenvalue weighted by molar-refractivity contribution is 0.844. The number of hydrogen-bond acceptors (Lipinski definition) is 5. The zero-order valence-electron chi connectivity index (χ0n) is 15.3. The molecule has 2 aliphatic heterocycles. The van der Waals surface area contributed by atoms with E-state index in [-0.39, 0.29) is 0 Å². The van der Waals surface area contributed by atoms with Crippen LogP contribution < -0.4 is 20.4 Å². The minimum atomic E-state index is 0.513. The topological polar surface area (TPSA) is 56.3 Å². The van der Waals surface area contributed by atoms with Gasteiger partial charge in [-0.15, -0.1) is 0 Å². The highest BCUT2D eigenvalue weighted by Gasteiger charge is 2.24. The zero-order valence-corrected chi connectivity index (χ0v) is 16.1. The Balaban J connectivity index is 1.42. The van der Waals surface area contributed by atoms with Crippen molar-refractivity contribution in [2.45, 2.75) is 44.8 Å². The van der Waals surface area contributed by atoms with Gasteiger partial charge in [-0.05, 0) is 49.0 Å². The van der Waals surface area contributed by atoms with Crippen LogP contribution in [0.3, 0.4) is 0 Å². The monoisotopic (exact) mass is 380 g/mol. The van der Waals surface area contributed by atoms with Crippen molar-refractivity contribution < 1.29 is 0 Å². The van der Waals surface area contributed by atoms with Crippen molar-refractivity contribution >= 4 is 34.9 Å². The highest BCUT2D eigenvalue weighted by Crippen LogP contribution is 2.30. The molecule has 0 atom stereocenters. The van der Waals surface area contributed by atoms with Gasteiger partial charge in [-0.2, -0.15) is 9.97 Å². The van der Waals surface area contributed by atoms with Crippen LogP contribution in [0.1, 0.15) is 36.8 Å². The van der Waals surface area contributed by atoms with E-state index in [9.17, 15) is 0 Å². The van der Waals surface area contributed by atoms with Crippen molar-refractivity contribution in [3.8, 4) is 0 Å². The third-order valence-electron chi connectivity index (χ3n) is 5.43. The highest BCUT2D eigenvalue weighted by atomic mass is 32.1.